The highest BCUT2D eigenvalue weighted by molar-refractivity contribution is 5.83. The molecule has 2 aromatic rings. The lowest BCUT2D eigenvalue weighted by Gasteiger charge is -2.37. The molecule has 0 saturated carbocycles. The highest BCUT2D eigenvalue weighted by atomic mass is 16.2. The first-order valence-electron chi connectivity index (χ1n) is 9.01. The van der Waals surface area contributed by atoms with Crippen LogP contribution in [-0.2, 0) is 11.3 Å². The van der Waals surface area contributed by atoms with Crippen molar-refractivity contribution in [2.24, 2.45) is 5.41 Å². The zero-order valence-electron chi connectivity index (χ0n) is 15.3. The van der Waals surface area contributed by atoms with E-state index in [-0.39, 0.29) is 5.41 Å². The van der Waals surface area contributed by atoms with Crippen LogP contribution < -0.4 is 0 Å². The highest BCUT2D eigenvalue weighted by Gasteiger charge is 2.47. The van der Waals surface area contributed by atoms with Crippen molar-refractivity contribution < 1.29 is 4.79 Å². The van der Waals surface area contributed by atoms with Gasteiger partial charge in [0.1, 0.15) is 12.7 Å². The summed E-state index contributed by atoms with van der Waals surface area (Å²) < 4.78 is 4.03. The number of likely N-dealkylation sites (tertiary alicyclic amines) is 2. The Hall–Kier alpha value is -2.15. The van der Waals surface area contributed by atoms with Gasteiger partial charge in [0.2, 0.25) is 5.91 Å². The van der Waals surface area contributed by atoms with Crippen molar-refractivity contribution in [3.8, 4) is 0 Å². The Kier molecular flexibility index (Phi) is 3.91. The van der Waals surface area contributed by atoms with Crippen LogP contribution in [0.2, 0.25) is 0 Å². The zero-order valence-corrected chi connectivity index (χ0v) is 15.3. The van der Waals surface area contributed by atoms with Gasteiger partial charge >= 0.3 is 0 Å². The molecule has 0 N–H and O–H groups in total. The van der Waals surface area contributed by atoms with Gasteiger partial charge < -0.3 is 4.90 Å². The summed E-state index contributed by atoms with van der Waals surface area (Å²) in [5.41, 5.74) is 3.52. The van der Waals surface area contributed by atoms with E-state index in [1.807, 2.05) is 16.6 Å². The molecule has 0 bridgehead atoms. The lowest BCUT2D eigenvalue weighted by Crippen LogP contribution is -2.48. The van der Waals surface area contributed by atoms with Crippen LogP contribution in [0.25, 0.3) is 0 Å². The van der Waals surface area contributed by atoms with Crippen LogP contribution in [-0.4, -0.2) is 61.9 Å². The number of aromatic nitrogens is 4. The number of hydrogen-bond donors (Lipinski definition) is 0. The van der Waals surface area contributed by atoms with Crippen LogP contribution in [0.4, 0.5) is 0 Å². The molecule has 4 rings (SSSR count). The van der Waals surface area contributed by atoms with Crippen molar-refractivity contribution in [3.05, 3.63) is 35.7 Å². The van der Waals surface area contributed by atoms with Gasteiger partial charge in [-0.05, 0) is 51.3 Å². The molecular formula is C18H26N6O. The summed E-state index contributed by atoms with van der Waals surface area (Å²) >= 11 is 0. The van der Waals surface area contributed by atoms with E-state index in [0.717, 1.165) is 51.1 Å². The predicted octanol–water partition coefficient (Wildman–Crippen LogP) is 1.45. The van der Waals surface area contributed by atoms with Gasteiger partial charge in [-0.3, -0.25) is 14.4 Å². The summed E-state index contributed by atoms with van der Waals surface area (Å²) in [6, 6.07) is 2.23. The zero-order chi connectivity index (χ0) is 17.6. The Bertz CT molecular complexity index is 780. The second-order valence-corrected chi connectivity index (χ2v) is 7.62. The molecule has 2 aliphatic heterocycles. The summed E-state index contributed by atoms with van der Waals surface area (Å²) in [6.07, 6.45) is 6.57. The normalized spacial score (nSPS) is 24.6. The van der Waals surface area contributed by atoms with Crippen molar-refractivity contribution in [2.45, 2.75) is 39.7 Å². The first kappa shape index (κ1) is 16.3. The van der Waals surface area contributed by atoms with Crippen LogP contribution in [0.5, 0.6) is 0 Å². The fraction of sp³-hybridized carbons (Fsp3) is 0.611. The Morgan fingerprint density at radius 3 is 2.68 bits per heavy atom. The Labute approximate surface area is 148 Å². The minimum atomic E-state index is -0.146. The van der Waals surface area contributed by atoms with E-state index in [4.69, 9.17) is 0 Å². The standard InChI is InChI=1S/C18H26N6O/c1-14-9-16(15(2)24(14)23-12-19-20-13-23)10-22-8-6-18(11-22)5-4-7-21(3)17(18)25/h9,12-13H,4-8,10-11H2,1-3H3/t18-/m1/s1. The molecule has 0 radical (unpaired) electrons. The van der Waals surface area contributed by atoms with Crippen molar-refractivity contribution >= 4 is 5.91 Å². The molecule has 7 heteroatoms. The second kappa shape index (κ2) is 5.98. The molecule has 2 aromatic heterocycles. The second-order valence-electron chi connectivity index (χ2n) is 7.62. The van der Waals surface area contributed by atoms with E-state index in [2.05, 4.69) is 39.7 Å². The van der Waals surface area contributed by atoms with E-state index in [0.29, 0.717) is 5.91 Å². The SMILES string of the molecule is Cc1cc(CN2CC[C@]3(CCCN(C)C3=O)C2)c(C)n1-n1cnnc1. The number of amides is 1. The van der Waals surface area contributed by atoms with Gasteiger partial charge in [0.25, 0.3) is 0 Å². The molecule has 4 heterocycles. The molecule has 2 fully saturated rings. The number of nitrogens with zero attached hydrogens (tertiary/aromatic N) is 6. The minimum absolute atomic E-state index is 0.146. The molecule has 1 spiro atoms. The fourth-order valence-corrected chi connectivity index (χ4v) is 4.61. The van der Waals surface area contributed by atoms with Crippen LogP contribution in [0, 0.1) is 19.3 Å². The summed E-state index contributed by atoms with van der Waals surface area (Å²) in [6.45, 7) is 7.90. The van der Waals surface area contributed by atoms with Crippen molar-refractivity contribution in [3.63, 3.8) is 0 Å². The van der Waals surface area contributed by atoms with Gasteiger partial charge in [0, 0.05) is 38.1 Å². The van der Waals surface area contributed by atoms with Crippen molar-refractivity contribution in [1.29, 1.82) is 0 Å². The topological polar surface area (TPSA) is 59.2 Å². The lowest BCUT2D eigenvalue weighted by molar-refractivity contribution is -0.143. The van der Waals surface area contributed by atoms with Crippen molar-refractivity contribution in [2.75, 3.05) is 26.7 Å². The number of hydrogen-bond acceptors (Lipinski definition) is 4. The largest absolute Gasteiger partial charge is 0.345 e. The van der Waals surface area contributed by atoms with E-state index in [1.54, 1.807) is 12.7 Å². The third kappa shape index (κ3) is 2.66. The maximum Gasteiger partial charge on any atom is 0.229 e. The van der Waals surface area contributed by atoms with Crippen molar-refractivity contribution in [1.82, 2.24) is 29.3 Å². The smallest absolute Gasteiger partial charge is 0.229 e. The summed E-state index contributed by atoms with van der Waals surface area (Å²) in [7, 11) is 1.94. The molecule has 0 unspecified atom stereocenters. The van der Waals surface area contributed by atoms with E-state index in [9.17, 15) is 4.79 Å². The summed E-state index contributed by atoms with van der Waals surface area (Å²) in [4.78, 5) is 17.1. The number of carbonyl (C=O) groups is 1. The average Bonchev–Trinajstić information content (AvgIpc) is 3.28. The molecule has 2 aliphatic rings. The Morgan fingerprint density at radius 2 is 1.92 bits per heavy atom. The first-order valence-corrected chi connectivity index (χ1v) is 9.01. The molecule has 1 atom stereocenters. The first-order chi connectivity index (χ1) is 12.0. The van der Waals surface area contributed by atoms with Gasteiger partial charge in [0.05, 0.1) is 5.41 Å². The quantitative estimate of drug-likeness (QED) is 0.847. The maximum absolute atomic E-state index is 12.7. The number of piperidine rings is 1. The molecule has 1 amide bonds. The molecule has 25 heavy (non-hydrogen) atoms. The number of rotatable bonds is 3. The van der Waals surface area contributed by atoms with Crippen LogP contribution in [0.1, 0.15) is 36.2 Å². The van der Waals surface area contributed by atoms with Gasteiger partial charge in [-0.1, -0.05) is 0 Å². The van der Waals surface area contributed by atoms with Gasteiger partial charge in [-0.15, -0.1) is 10.2 Å². The van der Waals surface area contributed by atoms with E-state index >= 15 is 0 Å². The minimum Gasteiger partial charge on any atom is -0.345 e. The van der Waals surface area contributed by atoms with Gasteiger partial charge in [0.15, 0.2) is 0 Å². The van der Waals surface area contributed by atoms with Crippen LogP contribution in [0.15, 0.2) is 18.7 Å². The van der Waals surface area contributed by atoms with E-state index < -0.39 is 0 Å². The van der Waals surface area contributed by atoms with Gasteiger partial charge in [-0.25, -0.2) is 4.68 Å². The summed E-state index contributed by atoms with van der Waals surface area (Å²) in [5, 5.41) is 7.81. The Morgan fingerprint density at radius 1 is 1.16 bits per heavy atom. The Balaban J connectivity index is 1.53. The van der Waals surface area contributed by atoms with E-state index in [1.165, 1.54) is 11.3 Å². The third-order valence-electron chi connectivity index (χ3n) is 5.91. The number of carbonyl (C=O) groups excluding carboxylic acids is 1. The molecule has 0 aliphatic carbocycles. The molecular weight excluding hydrogens is 316 g/mol. The summed E-state index contributed by atoms with van der Waals surface area (Å²) in [5.74, 6) is 0.344. The van der Waals surface area contributed by atoms with Crippen LogP contribution in [0.3, 0.4) is 0 Å². The molecule has 0 aromatic carbocycles. The highest BCUT2D eigenvalue weighted by Crippen LogP contribution is 2.40. The van der Waals surface area contributed by atoms with Crippen LogP contribution >= 0.6 is 0 Å². The predicted molar refractivity (Wildman–Crippen MR) is 93.9 cm³/mol. The maximum atomic E-state index is 12.7. The van der Waals surface area contributed by atoms with Gasteiger partial charge in [-0.2, -0.15) is 0 Å². The third-order valence-corrected chi connectivity index (χ3v) is 5.91. The average molecular weight is 342 g/mol. The monoisotopic (exact) mass is 342 g/mol. The molecule has 134 valence electrons. The number of aryl methyl sites for hydroxylation is 1. The molecule has 7 nitrogen and oxygen atoms in total. The fourth-order valence-electron chi connectivity index (χ4n) is 4.61. The molecule has 2 saturated heterocycles. The lowest BCUT2D eigenvalue weighted by atomic mass is 9.78.